The number of benzene rings is 1. The Labute approximate surface area is 136 Å². The quantitative estimate of drug-likeness (QED) is 0.774. The monoisotopic (exact) mass is 339 g/mol. The molecule has 2 atom stereocenters. The highest BCUT2D eigenvalue weighted by atomic mass is 32.2. The van der Waals surface area contributed by atoms with Gasteiger partial charge in [-0.15, -0.1) is 0 Å². The maximum Gasteiger partial charge on any atom is 0.306 e. The van der Waals surface area contributed by atoms with Crippen LogP contribution in [-0.2, 0) is 14.8 Å². The molecule has 0 fully saturated rings. The summed E-state index contributed by atoms with van der Waals surface area (Å²) >= 11 is 0. The van der Waals surface area contributed by atoms with Crippen LogP contribution < -0.4 is 9.46 Å². The average Bonchev–Trinajstić information content (AvgIpc) is 2.47. The van der Waals surface area contributed by atoms with Crippen LogP contribution in [0.15, 0.2) is 35.2 Å². The van der Waals surface area contributed by atoms with Gasteiger partial charge in [0.2, 0.25) is 10.0 Å². The molecule has 1 aromatic rings. The highest BCUT2D eigenvalue weighted by Gasteiger charge is 2.27. The van der Waals surface area contributed by atoms with Crippen molar-refractivity contribution in [1.29, 1.82) is 0 Å². The van der Waals surface area contributed by atoms with Gasteiger partial charge in [-0.25, -0.2) is 13.1 Å². The molecule has 0 aromatic heterocycles. The Morgan fingerprint density at radius 2 is 2.17 bits per heavy atom. The second-order valence-electron chi connectivity index (χ2n) is 5.52. The first kappa shape index (κ1) is 17.5. The van der Waals surface area contributed by atoms with Gasteiger partial charge in [-0.05, 0) is 50.5 Å². The SMILES string of the molecule is CCOc1ccc(S(=O)(=O)N[C@H]2C=CC[C@H](C(=O)O)C2)c(C)c1. The number of aliphatic carboxylic acids is 1. The van der Waals surface area contributed by atoms with Crippen LogP contribution in [0.4, 0.5) is 0 Å². The van der Waals surface area contributed by atoms with E-state index in [-0.39, 0.29) is 11.3 Å². The third kappa shape index (κ3) is 4.33. The lowest BCUT2D eigenvalue weighted by atomic mass is 9.92. The summed E-state index contributed by atoms with van der Waals surface area (Å²) in [6.45, 7) is 4.07. The van der Waals surface area contributed by atoms with Gasteiger partial charge in [0.15, 0.2) is 0 Å². The minimum absolute atomic E-state index is 0.173. The Morgan fingerprint density at radius 3 is 2.78 bits per heavy atom. The molecule has 1 aromatic carbocycles. The highest BCUT2D eigenvalue weighted by molar-refractivity contribution is 7.89. The van der Waals surface area contributed by atoms with Crippen molar-refractivity contribution in [3.8, 4) is 5.75 Å². The molecule has 1 aliphatic carbocycles. The largest absolute Gasteiger partial charge is 0.494 e. The molecule has 0 saturated heterocycles. The summed E-state index contributed by atoms with van der Waals surface area (Å²) < 4.78 is 33.0. The van der Waals surface area contributed by atoms with Crippen LogP contribution in [0.3, 0.4) is 0 Å². The molecule has 23 heavy (non-hydrogen) atoms. The van der Waals surface area contributed by atoms with Crippen LogP contribution in [0.1, 0.15) is 25.3 Å². The van der Waals surface area contributed by atoms with E-state index in [1.165, 1.54) is 6.07 Å². The average molecular weight is 339 g/mol. The molecule has 7 heteroatoms. The van der Waals surface area contributed by atoms with E-state index < -0.39 is 28.0 Å². The number of aryl methyl sites for hydroxylation is 1. The molecule has 0 heterocycles. The third-order valence-corrected chi connectivity index (χ3v) is 5.38. The smallest absolute Gasteiger partial charge is 0.306 e. The minimum Gasteiger partial charge on any atom is -0.494 e. The van der Waals surface area contributed by atoms with Gasteiger partial charge in [-0.2, -0.15) is 0 Å². The van der Waals surface area contributed by atoms with Gasteiger partial charge in [0, 0.05) is 6.04 Å². The molecule has 0 bridgehead atoms. The van der Waals surface area contributed by atoms with E-state index in [9.17, 15) is 13.2 Å². The van der Waals surface area contributed by atoms with E-state index in [1.807, 2.05) is 6.92 Å². The van der Waals surface area contributed by atoms with Gasteiger partial charge in [0.25, 0.3) is 0 Å². The van der Waals surface area contributed by atoms with E-state index >= 15 is 0 Å². The summed E-state index contributed by atoms with van der Waals surface area (Å²) in [7, 11) is -3.72. The zero-order chi connectivity index (χ0) is 17.0. The van der Waals surface area contributed by atoms with E-state index in [4.69, 9.17) is 9.84 Å². The Morgan fingerprint density at radius 1 is 1.43 bits per heavy atom. The number of allylic oxidation sites excluding steroid dienone is 1. The van der Waals surface area contributed by atoms with Crippen molar-refractivity contribution in [3.63, 3.8) is 0 Å². The third-order valence-electron chi connectivity index (χ3n) is 3.73. The fourth-order valence-electron chi connectivity index (χ4n) is 2.62. The Balaban J connectivity index is 2.17. The lowest BCUT2D eigenvalue weighted by Gasteiger charge is -2.23. The fourth-order valence-corrected chi connectivity index (χ4v) is 4.05. The number of carboxylic acid groups (broad SMARTS) is 1. The topological polar surface area (TPSA) is 92.7 Å². The van der Waals surface area contributed by atoms with Crippen molar-refractivity contribution in [3.05, 3.63) is 35.9 Å². The van der Waals surface area contributed by atoms with Gasteiger partial charge in [-0.1, -0.05) is 12.2 Å². The van der Waals surface area contributed by atoms with Crippen molar-refractivity contribution in [2.24, 2.45) is 5.92 Å². The second-order valence-corrected chi connectivity index (χ2v) is 7.21. The Bertz CT molecular complexity index is 711. The maximum absolute atomic E-state index is 12.5. The number of ether oxygens (including phenoxy) is 1. The summed E-state index contributed by atoms with van der Waals surface area (Å²) in [5.74, 6) is -0.850. The van der Waals surface area contributed by atoms with Crippen molar-refractivity contribution in [1.82, 2.24) is 4.72 Å². The lowest BCUT2D eigenvalue weighted by molar-refractivity contribution is -0.142. The predicted octanol–water partition coefficient (Wildman–Crippen LogP) is 2.09. The van der Waals surface area contributed by atoms with Crippen molar-refractivity contribution >= 4 is 16.0 Å². The number of nitrogens with one attached hydrogen (secondary N) is 1. The van der Waals surface area contributed by atoms with Crippen LogP contribution in [0.25, 0.3) is 0 Å². The first-order valence-corrected chi connectivity index (χ1v) is 8.97. The number of hydrogen-bond acceptors (Lipinski definition) is 4. The molecule has 2 rings (SSSR count). The first-order chi connectivity index (χ1) is 10.8. The van der Waals surface area contributed by atoms with Gasteiger partial charge in [0.1, 0.15) is 5.75 Å². The molecule has 126 valence electrons. The van der Waals surface area contributed by atoms with E-state index in [1.54, 1.807) is 31.2 Å². The van der Waals surface area contributed by atoms with E-state index in [0.717, 1.165) is 0 Å². The zero-order valence-electron chi connectivity index (χ0n) is 13.2. The Hall–Kier alpha value is -1.86. The molecule has 0 amide bonds. The molecule has 0 saturated carbocycles. The summed E-state index contributed by atoms with van der Waals surface area (Å²) in [6.07, 6.45) is 4.10. The number of rotatable bonds is 6. The normalized spacial score (nSPS) is 21.1. The molecular weight excluding hydrogens is 318 g/mol. The number of hydrogen-bond donors (Lipinski definition) is 2. The second kappa shape index (κ2) is 7.14. The van der Waals surface area contributed by atoms with Crippen LogP contribution >= 0.6 is 0 Å². The number of carbonyl (C=O) groups is 1. The summed E-state index contributed by atoms with van der Waals surface area (Å²) in [5, 5.41) is 9.07. The van der Waals surface area contributed by atoms with Crippen molar-refractivity contribution in [2.45, 2.75) is 37.6 Å². The van der Waals surface area contributed by atoms with Crippen LogP contribution in [-0.4, -0.2) is 32.1 Å². The molecule has 0 unspecified atom stereocenters. The molecule has 6 nitrogen and oxygen atoms in total. The van der Waals surface area contributed by atoms with Gasteiger partial charge in [-0.3, -0.25) is 4.79 Å². The van der Waals surface area contributed by atoms with Gasteiger partial charge < -0.3 is 9.84 Å². The molecule has 0 spiro atoms. The minimum atomic E-state index is -3.72. The maximum atomic E-state index is 12.5. The first-order valence-electron chi connectivity index (χ1n) is 7.48. The predicted molar refractivity (Wildman–Crippen MR) is 86.0 cm³/mol. The molecule has 0 radical (unpaired) electrons. The standard InChI is InChI=1S/C16H21NO5S/c1-3-22-14-7-8-15(11(2)9-14)23(20,21)17-13-6-4-5-12(10-13)16(18)19/h4,6-9,12-13,17H,3,5,10H2,1-2H3,(H,18,19)/t12-,13-/m0/s1. The highest BCUT2D eigenvalue weighted by Crippen LogP contribution is 2.24. The van der Waals surface area contributed by atoms with Crippen molar-refractivity contribution in [2.75, 3.05) is 6.61 Å². The zero-order valence-corrected chi connectivity index (χ0v) is 14.0. The van der Waals surface area contributed by atoms with Gasteiger partial charge in [0.05, 0.1) is 17.4 Å². The number of carboxylic acids is 1. The molecule has 1 aliphatic rings. The number of sulfonamides is 1. The van der Waals surface area contributed by atoms with Crippen LogP contribution in [0.5, 0.6) is 5.75 Å². The van der Waals surface area contributed by atoms with Crippen molar-refractivity contribution < 1.29 is 23.1 Å². The van der Waals surface area contributed by atoms with E-state index in [0.29, 0.717) is 24.3 Å². The van der Waals surface area contributed by atoms with Crippen LogP contribution in [0, 0.1) is 12.8 Å². The summed E-state index contributed by atoms with van der Waals surface area (Å²) in [4.78, 5) is 11.2. The molecule has 0 aliphatic heterocycles. The van der Waals surface area contributed by atoms with Crippen LogP contribution in [0.2, 0.25) is 0 Å². The summed E-state index contributed by atoms with van der Waals surface area (Å²) in [6, 6.07) is 4.28. The van der Waals surface area contributed by atoms with E-state index in [2.05, 4.69) is 4.72 Å². The lowest BCUT2D eigenvalue weighted by Crippen LogP contribution is -2.38. The molecular formula is C16H21NO5S. The summed E-state index contributed by atoms with van der Waals surface area (Å²) in [5.41, 5.74) is 0.582. The Kier molecular flexibility index (Phi) is 5.43. The fraction of sp³-hybridized carbons (Fsp3) is 0.438. The molecule has 2 N–H and O–H groups in total. The van der Waals surface area contributed by atoms with Gasteiger partial charge >= 0.3 is 5.97 Å².